The van der Waals surface area contributed by atoms with Crippen LogP contribution >= 0.6 is 0 Å². The zero-order valence-corrected chi connectivity index (χ0v) is 16.7. The van der Waals surface area contributed by atoms with Gasteiger partial charge in [-0.05, 0) is 17.7 Å². The van der Waals surface area contributed by atoms with Crippen LogP contribution in [0.5, 0.6) is 0 Å². The van der Waals surface area contributed by atoms with Crippen molar-refractivity contribution in [2.45, 2.75) is 6.54 Å². The zero-order valence-electron chi connectivity index (χ0n) is 16.7. The summed E-state index contributed by atoms with van der Waals surface area (Å²) in [5, 5.41) is 4.41. The maximum Gasteiger partial charge on any atom is 0.224 e. The highest BCUT2D eigenvalue weighted by molar-refractivity contribution is 5.93. The first kappa shape index (κ1) is 18.5. The van der Waals surface area contributed by atoms with Crippen LogP contribution in [0.1, 0.15) is 5.56 Å². The van der Waals surface area contributed by atoms with E-state index < -0.39 is 0 Å². The Labute approximate surface area is 175 Å². The molecule has 1 aliphatic heterocycles. The summed E-state index contributed by atoms with van der Waals surface area (Å²) < 4.78 is 5.41. The summed E-state index contributed by atoms with van der Waals surface area (Å²) in [4.78, 5) is 16.4. The summed E-state index contributed by atoms with van der Waals surface area (Å²) in [6.07, 6.45) is 1.91. The van der Waals surface area contributed by atoms with Crippen molar-refractivity contribution < 1.29 is 4.74 Å². The van der Waals surface area contributed by atoms with Gasteiger partial charge in [-0.15, -0.1) is 0 Å². The van der Waals surface area contributed by atoms with E-state index >= 15 is 0 Å². The van der Waals surface area contributed by atoms with Crippen LogP contribution in [0, 0.1) is 0 Å². The van der Waals surface area contributed by atoms with Gasteiger partial charge in [0.2, 0.25) is 5.95 Å². The van der Waals surface area contributed by atoms with Crippen LogP contribution in [0.25, 0.3) is 22.2 Å². The number of rotatable bonds is 5. The number of para-hydroxylation sites is 1. The molecule has 0 aliphatic carbocycles. The van der Waals surface area contributed by atoms with Gasteiger partial charge in [0.1, 0.15) is 5.82 Å². The number of nitrogens with zero attached hydrogens (tertiary/aromatic N) is 4. The summed E-state index contributed by atoms with van der Waals surface area (Å²) in [7, 11) is 0. The molecular formula is C24H23N5O. The van der Waals surface area contributed by atoms with Gasteiger partial charge in [0, 0.05) is 36.8 Å². The summed E-state index contributed by atoms with van der Waals surface area (Å²) >= 11 is 0. The zero-order chi connectivity index (χ0) is 20.2. The fourth-order valence-electron chi connectivity index (χ4n) is 3.65. The van der Waals surface area contributed by atoms with E-state index in [2.05, 4.69) is 45.5 Å². The Morgan fingerprint density at radius 3 is 2.47 bits per heavy atom. The number of ether oxygens (including phenoxy) is 1. The number of morpholine rings is 1. The SMILES string of the molecule is c1ccc(-c2nc(NCc3ccc(N4CCOCC4)nc3)nc3ccccc23)cc1. The summed E-state index contributed by atoms with van der Waals surface area (Å²) in [5.74, 6) is 1.61. The lowest BCUT2D eigenvalue weighted by molar-refractivity contribution is 0.122. The van der Waals surface area contributed by atoms with Crippen LogP contribution in [0.3, 0.4) is 0 Å². The van der Waals surface area contributed by atoms with Crippen LogP contribution in [-0.4, -0.2) is 41.3 Å². The first-order valence-corrected chi connectivity index (χ1v) is 10.2. The second kappa shape index (κ2) is 8.47. The Morgan fingerprint density at radius 1 is 0.867 bits per heavy atom. The van der Waals surface area contributed by atoms with Crippen molar-refractivity contribution in [1.29, 1.82) is 0 Å². The number of nitrogens with one attached hydrogen (secondary N) is 1. The standard InChI is InChI=1S/C24H23N5O/c1-2-6-19(7-3-1)23-20-8-4-5-9-21(20)27-24(28-23)26-17-18-10-11-22(25-16-18)29-12-14-30-15-13-29/h1-11,16H,12-15,17H2,(H,26,27,28). The van der Waals surface area contributed by atoms with E-state index in [4.69, 9.17) is 14.7 Å². The molecule has 3 heterocycles. The third-order valence-electron chi connectivity index (χ3n) is 5.25. The lowest BCUT2D eigenvalue weighted by Gasteiger charge is -2.27. The van der Waals surface area contributed by atoms with Crippen LogP contribution in [0.2, 0.25) is 0 Å². The van der Waals surface area contributed by atoms with Gasteiger partial charge in [-0.3, -0.25) is 0 Å². The van der Waals surface area contributed by atoms with Gasteiger partial charge >= 0.3 is 0 Å². The number of fused-ring (bicyclic) bond motifs is 1. The quantitative estimate of drug-likeness (QED) is 0.546. The predicted octanol–water partition coefficient (Wildman–Crippen LogP) is 4.14. The topological polar surface area (TPSA) is 63.2 Å². The molecule has 0 atom stereocenters. The second-order valence-electron chi connectivity index (χ2n) is 7.26. The fraction of sp³-hybridized carbons (Fsp3) is 0.208. The minimum Gasteiger partial charge on any atom is -0.378 e. The Morgan fingerprint density at radius 2 is 1.67 bits per heavy atom. The maximum atomic E-state index is 5.41. The Balaban J connectivity index is 1.37. The van der Waals surface area contributed by atoms with Crippen LogP contribution < -0.4 is 10.2 Å². The highest BCUT2D eigenvalue weighted by Gasteiger charge is 2.12. The van der Waals surface area contributed by atoms with E-state index in [1.54, 1.807) is 0 Å². The molecule has 5 rings (SSSR count). The molecule has 1 aliphatic rings. The lowest BCUT2D eigenvalue weighted by atomic mass is 10.1. The van der Waals surface area contributed by atoms with Crippen LogP contribution in [-0.2, 0) is 11.3 Å². The fourth-order valence-corrected chi connectivity index (χ4v) is 3.65. The molecule has 0 unspecified atom stereocenters. The molecule has 4 aromatic rings. The average Bonchev–Trinajstić information content (AvgIpc) is 2.83. The molecule has 0 bridgehead atoms. The number of hydrogen-bond donors (Lipinski definition) is 1. The average molecular weight is 397 g/mol. The van der Waals surface area contributed by atoms with Crippen molar-refractivity contribution >= 4 is 22.7 Å². The van der Waals surface area contributed by atoms with Crippen LogP contribution in [0.4, 0.5) is 11.8 Å². The molecule has 0 spiro atoms. The second-order valence-corrected chi connectivity index (χ2v) is 7.26. The Kier molecular flexibility index (Phi) is 5.23. The third kappa shape index (κ3) is 3.95. The minimum atomic E-state index is 0.614. The van der Waals surface area contributed by atoms with E-state index in [9.17, 15) is 0 Å². The predicted molar refractivity (Wildman–Crippen MR) is 120 cm³/mol. The third-order valence-corrected chi connectivity index (χ3v) is 5.25. The Hall–Kier alpha value is -3.51. The van der Waals surface area contributed by atoms with Gasteiger partial charge in [-0.2, -0.15) is 0 Å². The van der Waals surface area contributed by atoms with E-state index in [-0.39, 0.29) is 0 Å². The maximum absolute atomic E-state index is 5.41. The minimum absolute atomic E-state index is 0.614. The lowest BCUT2D eigenvalue weighted by Crippen LogP contribution is -2.36. The molecular weight excluding hydrogens is 374 g/mol. The van der Waals surface area contributed by atoms with Gasteiger partial charge in [0.15, 0.2) is 0 Å². The number of hydrogen-bond acceptors (Lipinski definition) is 6. The summed E-state index contributed by atoms with van der Waals surface area (Å²) in [6, 6.07) is 22.5. The van der Waals surface area contributed by atoms with Crippen molar-refractivity contribution in [1.82, 2.24) is 15.0 Å². The normalized spacial score (nSPS) is 14.1. The van der Waals surface area contributed by atoms with Crippen molar-refractivity contribution in [2.24, 2.45) is 0 Å². The molecule has 6 nitrogen and oxygen atoms in total. The van der Waals surface area contributed by atoms with Crippen LogP contribution in [0.15, 0.2) is 72.9 Å². The number of anilines is 2. The van der Waals surface area contributed by atoms with E-state index in [1.807, 2.05) is 42.6 Å². The monoisotopic (exact) mass is 397 g/mol. The Bertz CT molecular complexity index is 1130. The number of pyridine rings is 1. The van der Waals surface area contributed by atoms with Crippen molar-refractivity contribution in [3.63, 3.8) is 0 Å². The summed E-state index contributed by atoms with van der Waals surface area (Å²) in [6.45, 7) is 3.90. The molecule has 1 saturated heterocycles. The molecule has 0 saturated carbocycles. The first-order chi connectivity index (χ1) is 14.9. The molecule has 150 valence electrons. The molecule has 2 aromatic carbocycles. The molecule has 0 radical (unpaired) electrons. The number of benzene rings is 2. The largest absolute Gasteiger partial charge is 0.378 e. The van der Waals surface area contributed by atoms with Gasteiger partial charge in [-0.1, -0.05) is 54.6 Å². The van der Waals surface area contributed by atoms with E-state index in [1.165, 1.54) is 0 Å². The van der Waals surface area contributed by atoms with Crippen molar-refractivity contribution in [2.75, 3.05) is 36.5 Å². The smallest absolute Gasteiger partial charge is 0.224 e. The van der Waals surface area contributed by atoms with Gasteiger partial charge in [-0.25, -0.2) is 15.0 Å². The first-order valence-electron chi connectivity index (χ1n) is 10.2. The molecule has 1 N–H and O–H groups in total. The molecule has 1 fully saturated rings. The molecule has 6 heteroatoms. The molecule has 30 heavy (non-hydrogen) atoms. The molecule has 0 amide bonds. The van der Waals surface area contributed by atoms with E-state index in [0.29, 0.717) is 12.5 Å². The highest BCUT2D eigenvalue weighted by atomic mass is 16.5. The van der Waals surface area contributed by atoms with Gasteiger partial charge < -0.3 is 15.0 Å². The highest BCUT2D eigenvalue weighted by Crippen LogP contribution is 2.27. The van der Waals surface area contributed by atoms with E-state index in [0.717, 1.165) is 59.8 Å². The summed E-state index contributed by atoms with van der Waals surface area (Å²) in [5.41, 5.74) is 4.03. The molecule has 2 aromatic heterocycles. The number of aromatic nitrogens is 3. The van der Waals surface area contributed by atoms with Gasteiger partial charge in [0.25, 0.3) is 0 Å². The van der Waals surface area contributed by atoms with Gasteiger partial charge in [0.05, 0.1) is 24.4 Å². The van der Waals surface area contributed by atoms with Crippen molar-refractivity contribution in [3.05, 3.63) is 78.5 Å². The van der Waals surface area contributed by atoms with Crippen molar-refractivity contribution in [3.8, 4) is 11.3 Å².